The summed E-state index contributed by atoms with van der Waals surface area (Å²) in [6, 6.07) is 15.9. The van der Waals surface area contributed by atoms with Crippen LogP contribution in [0.2, 0.25) is 5.02 Å². The molecule has 0 fully saturated rings. The van der Waals surface area contributed by atoms with Crippen LogP contribution in [-0.4, -0.2) is 21.2 Å². The molecule has 3 rings (SSSR count). The SMILES string of the molecule is O=C(CCSc1ccccc1Cl)NCc1ccc(Cn2ccnc2)cc1. The van der Waals surface area contributed by atoms with Gasteiger partial charge in [0.05, 0.1) is 11.3 Å². The zero-order chi connectivity index (χ0) is 18.2. The molecule has 0 bridgehead atoms. The van der Waals surface area contributed by atoms with E-state index in [1.54, 1.807) is 24.3 Å². The second-order valence-electron chi connectivity index (χ2n) is 5.86. The van der Waals surface area contributed by atoms with Crippen LogP contribution in [-0.2, 0) is 17.9 Å². The number of nitrogens with zero attached hydrogens (tertiary/aromatic N) is 2. The highest BCUT2D eigenvalue weighted by atomic mass is 35.5. The minimum Gasteiger partial charge on any atom is -0.352 e. The summed E-state index contributed by atoms with van der Waals surface area (Å²) in [5, 5.41) is 3.69. The number of carbonyl (C=O) groups excluding carboxylic acids is 1. The Morgan fingerprint density at radius 1 is 1.12 bits per heavy atom. The number of rotatable bonds is 8. The van der Waals surface area contributed by atoms with Crippen molar-refractivity contribution in [3.63, 3.8) is 0 Å². The highest BCUT2D eigenvalue weighted by Crippen LogP contribution is 2.26. The van der Waals surface area contributed by atoms with Crippen molar-refractivity contribution in [2.45, 2.75) is 24.4 Å². The van der Waals surface area contributed by atoms with Gasteiger partial charge in [0.15, 0.2) is 0 Å². The maximum absolute atomic E-state index is 12.0. The maximum atomic E-state index is 12.0. The van der Waals surface area contributed by atoms with E-state index in [9.17, 15) is 4.79 Å². The third kappa shape index (κ3) is 5.64. The van der Waals surface area contributed by atoms with Crippen molar-refractivity contribution in [2.24, 2.45) is 0 Å². The summed E-state index contributed by atoms with van der Waals surface area (Å²) in [7, 11) is 0. The minimum atomic E-state index is 0.0482. The summed E-state index contributed by atoms with van der Waals surface area (Å²) in [6.07, 6.45) is 5.98. The minimum absolute atomic E-state index is 0.0482. The van der Waals surface area contributed by atoms with Crippen molar-refractivity contribution in [2.75, 3.05) is 5.75 Å². The Morgan fingerprint density at radius 2 is 1.88 bits per heavy atom. The van der Waals surface area contributed by atoms with Crippen molar-refractivity contribution in [1.29, 1.82) is 0 Å². The Labute approximate surface area is 162 Å². The van der Waals surface area contributed by atoms with Crippen LogP contribution in [0, 0.1) is 0 Å². The molecule has 0 radical (unpaired) electrons. The van der Waals surface area contributed by atoms with Gasteiger partial charge in [0.1, 0.15) is 0 Å². The molecule has 134 valence electrons. The van der Waals surface area contributed by atoms with Gasteiger partial charge in [0.2, 0.25) is 5.91 Å². The molecule has 0 unspecified atom stereocenters. The zero-order valence-electron chi connectivity index (χ0n) is 14.3. The van der Waals surface area contributed by atoms with Gasteiger partial charge in [-0.1, -0.05) is 48.0 Å². The smallest absolute Gasteiger partial charge is 0.221 e. The van der Waals surface area contributed by atoms with Crippen LogP contribution in [0.3, 0.4) is 0 Å². The lowest BCUT2D eigenvalue weighted by molar-refractivity contribution is -0.120. The third-order valence-corrected chi connectivity index (χ3v) is 5.38. The van der Waals surface area contributed by atoms with Gasteiger partial charge < -0.3 is 9.88 Å². The molecule has 1 amide bonds. The molecule has 0 saturated heterocycles. The number of halogens is 1. The molecule has 1 heterocycles. The summed E-state index contributed by atoms with van der Waals surface area (Å²) >= 11 is 7.71. The fraction of sp³-hybridized carbons (Fsp3) is 0.200. The van der Waals surface area contributed by atoms with Crippen molar-refractivity contribution in [3.8, 4) is 0 Å². The highest BCUT2D eigenvalue weighted by Gasteiger charge is 2.04. The maximum Gasteiger partial charge on any atom is 0.221 e. The van der Waals surface area contributed by atoms with Crippen LogP contribution in [0.25, 0.3) is 0 Å². The average molecular weight is 386 g/mol. The van der Waals surface area contributed by atoms with E-state index in [1.165, 1.54) is 5.56 Å². The van der Waals surface area contributed by atoms with Crippen LogP contribution in [0.1, 0.15) is 17.5 Å². The Balaban J connectivity index is 1.39. The first-order chi connectivity index (χ1) is 12.7. The third-order valence-electron chi connectivity index (χ3n) is 3.86. The van der Waals surface area contributed by atoms with E-state index < -0.39 is 0 Å². The standard InChI is InChI=1S/C20H20ClN3OS/c21-18-3-1-2-4-19(18)26-12-9-20(25)23-13-16-5-7-17(8-6-16)14-24-11-10-22-15-24/h1-8,10-11,15H,9,12-14H2,(H,23,25). The van der Waals surface area contributed by atoms with E-state index in [-0.39, 0.29) is 5.91 Å². The molecule has 2 aromatic carbocycles. The number of carbonyl (C=O) groups is 1. The second kappa shape index (κ2) is 9.46. The first-order valence-electron chi connectivity index (χ1n) is 8.38. The number of amides is 1. The van der Waals surface area contributed by atoms with E-state index in [4.69, 9.17) is 11.6 Å². The molecule has 0 saturated carbocycles. The van der Waals surface area contributed by atoms with E-state index >= 15 is 0 Å². The summed E-state index contributed by atoms with van der Waals surface area (Å²) in [5.41, 5.74) is 2.29. The molecule has 6 heteroatoms. The van der Waals surface area contributed by atoms with Gasteiger partial charge in [-0.15, -0.1) is 11.8 Å². The fourth-order valence-corrected chi connectivity index (χ4v) is 3.65. The van der Waals surface area contributed by atoms with Crippen molar-refractivity contribution in [3.05, 3.63) is 83.4 Å². The van der Waals surface area contributed by atoms with E-state index in [0.717, 1.165) is 22.0 Å². The predicted octanol–water partition coefficient (Wildman–Crippen LogP) is 4.38. The van der Waals surface area contributed by atoms with E-state index in [0.29, 0.717) is 18.7 Å². The predicted molar refractivity (Wildman–Crippen MR) is 106 cm³/mol. The van der Waals surface area contributed by atoms with Crippen LogP contribution in [0.5, 0.6) is 0 Å². The van der Waals surface area contributed by atoms with Gasteiger partial charge >= 0.3 is 0 Å². The lowest BCUT2D eigenvalue weighted by Crippen LogP contribution is -2.23. The summed E-state index contributed by atoms with van der Waals surface area (Å²) in [6.45, 7) is 1.34. The molecule has 3 aromatic rings. The first kappa shape index (κ1) is 18.5. The highest BCUT2D eigenvalue weighted by molar-refractivity contribution is 7.99. The number of hydrogen-bond donors (Lipinski definition) is 1. The Morgan fingerprint density at radius 3 is 2.62 bits per heavy atom. The fourth-order valence-electron chi connectivity index (χ4n) is 2.46. The van der Waals surface area contributed by atoms with Crippen LogP contribution in [0.15, 0.2) is 72.1 Å². The van der Waals surface area contributed by atoms with E-state index in [2.05, 4.69) is 22.4 Å². The molecule has 0 aliphatic carbocycles. The summed E-state index contributed by atoms with van der Waals surface area (Å²) in [5.74, 6) is 0.756. The Hall–Kier alpha value is -2.24. The molecular formula is C20H20ClN3OS. The second-order valence-corrected chi connectivity index (χ2v) is 7.40. The van der Waals surface area contributed by atoms with Crippen LogP contribution >= 0.6 is 23.4 Å². The van der Waals surface area contributed by atoms with Crippen molar-refractivity contribution >= 4 is 29.3 Å². The summed E-state index contributed by atoms with van der Waals surface area (Å²) in [4.78, 5) is 17.1. The molecule has 26 heavy (non-hydrogen) atoms. The molecule has 0 spiro atoms. The normalized spacial score (nSPS) is 10.7. The Kier molecular flexibility index (Phi) is 6.75. The molecule has 1 aromatic heterocycles. The van der Waals surface area contributed by atoms with Crippen molar-refractivity contribution in [1.82, 2.24) is 14.9 Å². The van der Waals surface area contributed by atoms with Gasteiger partial charge in [-0.25, -0.2) is 4.98 Å². The van der Waals surface area contributed by atoms with Crippen LogP contribution in [0.4, 0.5) is 0 Å². The number of aromatic nitrogens is 2. The van der Waals surface area contributed by atoms with E-state index in [1.807, 2.05) is 47.2 Å². The lowest BCUT2D eigenvalue weighted by atomic mass is 10.1. The number of hydrogen-bond acceptors (Lipinski definition) is 3. The number of imidazole rings is 1. The average Bonchev–Trinajstić information content (AvgIpc) is 3.16. The van der Waals surface area contributed by atoms with Gasteiger partial charge in [-0.2, -0.15) is 0 Å². The van der Waals surface area contributed by atoms with Gasteiger partial charge in [-0.05, 0) is 23.3 Å². The monoisotopic (exact) mass is 385 g/mol. The molecule has 0 aliphatic heterocycles. The number of benzene rings is 2. The number of thioether (sulfide) groups is 1. The lowest BCUT2D eigenvalue weighted by Gasteiger charge is -2.08. The molecule has 4 nitrogen and oxygen atoms in total. The zero-order valence-corrected chi connectivity index (χ0v) is 15.8. The first-order valence-corrected chi connectivity index (χ1v) is 9.74. The van der Waals surface area contributed by atoms with Crippen LogP contribution < -0.4 is 5.32 Å². The molecule has 0 atom stereocenters. The molecule has 0 aliphatic rings. The summed E-state index contributed by atoms with van der Waals surface area (Å²) < 4.78 is 2.02. The number of nitrogens with one attached hydrogen (secondary N) is 1. The molecule has 1 N–H and O–H groups in total. The van der Waals surface area contributed by atoms with Gasteiger partial charge in [0, 0.05) is 42.6 Å². The topological polar surface area (TPSA) is 46.9 Å². The quantitative estimate of drug-likeness (QED) is 0.585. The van der Waals surface area contributed by atoms with Gasteiger partial charge in [-0.3, -0.25) is 4.79 Å². The largest absolute Gasteiger partial charge is 0.352 e. The van der Waals surface area contributed by atoms with Gasteiger partial charge in [0.25, 0.3) is 0 Å². The Bertz CT molecular complexity index is 835. The van der Waals surface area contributed by atoms with Crippen molar-refractivity contribution < 1.29 is 4.79 Å². The molecular weight excluding hydrogens is 366 g/mol.